The van der Waals surface area contributed by atoms with Crippen molar-refractivity contribution in [2.75, 3.05) is 7.11 Å². The van der Waals surface area contributed by atoms with Gasteiger partial charge in [-0.25, -0.2) is 0 Å². The van der Waals surface area contributed by atoms with Gasteiger partial charge in [-0.15, -0.1) is 5.10 Å². The Kier molecular flexibility index (Phi) is 6.04. The monoisotopic (exact) mass is 484 g/mol. The van der Waals surface area contributed by atoms with Gasteiger partial charge in [0.15, 0.2) is 11.5 Å². The Bertz CT molecular complexity index is 1440. The predicted octanol–water partition coefficient (Wildman–Crippen LogP) is 5.54. The number of nitrogens with one attached hydrogen (secondary N) is 1. The SMILES string of the molecule is COc1cc([C@@H]2C(C#N)=C(N)Oc3n[nH]c(-c4ccccc4)c32)ccc1OCc1ccc(Cl)cc1. The van der Waals surface area contributed by atoms with Gasteiger partial charge in [-0.3, -0.25) is 5.10 Å². The molecule has 0 bridgehead atoms. The van der Waals surface area contributed by atoms with E-state index in [1.807, 2.05) is 72.8 Å². The summed E-state index contributed by atoms with van der Waals surface area (Å²) in [6, 6.07) is 25.0. The van der Waals surface area contributed by atoms with E-state index in [0.29, 0.717) is 34.6 Å². The molecule has 0 unspecified atom stereocenters. The molecule has 8 heteroatoms. The number of nitrogens with zero attached hydrogens (tertiary/aromatic N) is 2. The zero-order valence-corrected chi connectivity index (χ0v) is 19.5. The Balaban J connectivity index is 1.54. The second-order valence-electron chi connectivity index (χ2n) is 7.93. The molecule has 1 aliphatic heterocycles. The Morgan fingerprint density at radius 3 is 2.57 bits per heavy atom. The second-order valence-corrected chi connectivity index (χ2v) is 8.37. The molecule has 0 amide bonds. The fourth-order valence-electron chi connectivity index (χ4n) is 4.13. The maximum Gasteiger partial charge on any atom is 0.244 e. The number of rotatable bonds is 6. The average Bonchev–Trinajstić information content (AvgIpc) is 3.31. The predicted molar refractivity (Wildman–Crippen MR) is 132 cm³/mol. The first-order chi connectivity index (χ1) is 17.1. The number of H-pyrrole nitrogens is 1. The number of ether oxygens (including phenoxy) is 3. The van der Waals surface area contributed by atoms with Crippen LogP contribution in [0.25, 0.3) is 11.3 Å². The number of halogens is 1. The number of aromatic nitrogens is 2. The standard InChI is InChI=1S/C27H21ClN4O3/c1-33-22-13-18(9-12-21(22)34-15-16-7-10-19(28)11-8-16)23-20(14-29)26(30)35-27-24(23)25(31-32-27)17-5-3-2-4-6-17/h2-13,23H,15,30H2,1H3,(H,31,32)/t23-/m1/s1. The van der Waals surface area contributed by atoms with E-state index in [0.717, 1.165) is 27.9 Å². The summed E-state index contributed by atoms with van der Waals surface area (Å²) in [5.74, 6) is 0.969. The van der Waals surface area contributed by atoms with Crippen LogP contribution in [-0.4, -0.2) is 17.3 Å². The molecule has 1 atom stereocenters. The third-order valence-electron chi connectivity index (χ3n) is 5.83. The largest absolute Gasteiger partial charge is 0.493 e. The van der Waals surface area contributed by atoms with Crippen molar-refractivity contribution in [2.45, 2.75) is 12.5 Å². The van der Waals surface area contributed by atoms with Crippen molar-refractivity contribution in [1.29, 1.82) is 5.26 Å². The van der Waals surface area contributed by atoms with Crippen LogP contribution in [0, 0.1) is 11.3 Å². The van der Waals surface area contributed by atoms with Crippen molar-refractivity contribution in [2.24, 2.45) is 5.73 Å². The summed E-state index contributed by atoms with van der Waals surface area (Å²) in [5.41, 5.74) is 10.6. The number of aromatic amines is 1. The van der Waals surface area contributed by atoms with Crippen LogP contribution in [0.2, 0.25) is 5.02 Å². The zero-order chi connectivity index (χ0) is 24.4. The van der Waals surface area contributed by atoms with Crippen molar-refractivity contribution in [1.82, 2.24) is 10.2 Å². The molecule has 7 nitrogen and oxygen atoms in total. The van der Waals surface area contributed by atoms with Gasteiger partial charge in [0.1, 0.15) is 18.2 Å². The average molecular weight is 485 g/mol. The van der Waals surface area contributed by atoms with Gasteiger partial charge < -0.3 is 19.9 Å². The van der Waals surface area contributed by atoms with Crippen molar-refractivity contribution in [3.8, 4) is 34.7 Å². The van der Waals surface area contributed by atoms with Crippen LogP contribution in [0.4, 0.5) is 0 Å². The lowest BCUT2D eigenvalue weighted by molar-refractivity contribution is 0.284. The highest BCUT2D eigenvalue weighted by Crippen LogP contribution is 2.47. The molecular formula is C27H21ClN4O3. The van der Waals surface area contributed by atoms with Crippen molar-refractivity contribution < 1.29 is 14.2 Å². The van der Waals surface area contributed by atoms with E-state index in [-0.39, 0.29) is 5.88 Å². The van der Waals surface area contributed by atoms with Crippen LogP contribution in [0.5, 0.6) is 17.4 Å². The molecule has 1 aromatic heterocycles. The number of fused-ring (bicyclic) bond motifs is 1. The fourth-order valence-corrected chi connectivity index (χ4v) is 4.25. The minimum absolute atomic E-state index is 0.0261. The Morgan fingerprint density at radius 2 is 1.86 bits per heavy atom. The molecule has 2 heterocycles. The third-order valence-corrected chi connectivity index (χ3v) is 6.08. The highest BCUT2D eigenvalue weighted by atomic mass is 35.5. The summed E-state index contributed by atoms with van der Waals surface area (Å²) in [4.78, 5) is 0. The molecule has 174 valence electrons. The molecule has 0 saturated carbocycles. The van der Waals surface area contributed by atoms with Gasteiger partial charge >= 0.3 is 0 Å². The fraction of sp³-hybridized carbons (Fsp3) is 0.111. The summed E-state index contributed by atoms with van der Waals surface area (Å²) < 4.78 is 17.3. The van der Waals surface area contributed by atoms with Gasteiger partial charge in [-0.1, -0.05) is 60.1 Å². The highest BCUT2D eigenvalue weighted by Gasteiger charge is 2.36. The third kappa shape index (κ3) is 4.27. The van der Waals surface area contributed by atoms with E-state index >= 15 is 0 Å². The number of hydrogen-bond acceptors (Lipinski definition) is 6. The molecule has 3 aromatic carbocycles. The molecule has 0 aliphatic carbocycles. The van der Waals surface area contributed by atoms with Gasteiger partial charge in [0, 0.05) is 5.02 Å². The normalized spacial score (nSPS) is 14.6. The number of hydrogen-bond donors (Lipinski definition) is 2. The Labute approximate surface area is 207 Å². The van der Waals surface area contributed by atoms with E-state index in [2.05, 4.69) is 16.3 Å². The summed E-state index contributed by atoms with van der Waals surface area (Å²) in [7, 11) is 1.58. The maximum absolute atomic E-state index is 9.96. The number of benzene rings is 3. The summed E-state index contributed by atoms with van der Waals surface area (Å²) in [6.07, 6.45) is 0. The van der Waals surface area contributed by atoms with Crippen molar-refractivity contribution in [3.63, 3.8) is 0 Å². The van der Waals surface area contributed by atoms with Crippen LogP contribution in [0.1, 0.15) is 22.6 Å². The lowest BCUT2D eigenvalue weighted by Gasteiger charge is -2.25. The highest BCUT2D eigenvalue weighted by molar-refractivity contribution is 6.30. The van der Waals surface area contributed by atoms with E-state index in [1.165, 1.54) is 0 Å². The van der Waals surface area contributed by atoms with E-state index < -0.39 is 5.92 Å². The molecule has 35 heavy (non-hydrogen) atoms. The molecule has 5 rings (SSSR count). The summed E-state index contributed by atoms with van der Waals surface area (Å²) >= 11 is 5.97. The number of allylic oxidation sites excluding steroid dienone is 1. The second kappa shape index (κ2) is 9.45. The lowest BCUT2D eigenvalue weighted by Crippen LogP contribution is -2.21. The van der Waals surface area contributed by atoms with Crippen LogP contribution in [-0.2, 0) is 6.61 Å². The number of nitrogens with two attached hydrogens (primary N) is 1. The molecule has 0 saturated heterocycles. The zero-order valence-electron chi connectivity index (χ0n) is 18.8. The van der Waals surface area contributed by atoms with Crippen LogP contribution >= 0.6 is 11.6 Å². The minimum atomic E-state index is -0.503. The number of methoxy groups -OCH3 is 1. The molecule has 0 spiro atoms. The lowest BCUT2D eigenvalue weighted by atomic mass is 9.83. The first kappa shape index (κ1) is 22.4. The van der Waals surface area contributed by atoms with Gasteiger partial charge in [-0.2, -0.15) is 5.26 Å². The van der Waals surface area contributed by atoms with Crippen molar-refractivity contribution >= 4 is 11.6 Å². The quantitative estimate of drug-likeness (QED) is 0.372. The van der Waals surface area contributed by atoms with E-state index in [4.69, 9.17) is 31.5 Å². The molecule has 0 fully saturated rings. The van der Waals surface area contributed by atoms with Gasteiger partial charge in [0.05, 0.1) is 24.3 Å². The smallest absolute Gasteiger partial charge is 0.244 e. The van der Waals surface area contributed by atoms with Crippen LogP contribution in [0.3, 0.4) is 0 Å². The maximum atomic E-state index is 9.96. The Morgan fingerprint density at radius 1 is 1.09 bits per heavy atom. The first-order valence-corrected chi connectivity index (χ1v) is 11.2. The molecule has 3 N–H and O–H groups in total. The molecular weight excluding hydrogens is 464 g/mol. The van der Waals surface area contributed by atoms with Crippen LogP contribution < -0.4 is 19.9 Å². The van der Waals surface area contributed by atoms with Crippen molar-refractivity contribution in [3.05, 3.63) is 106 Å². The Hall–Kier alpha value is -4.41. The van der Waals surface area contributed by atoms with E-state index in [1.54, 1.807) is 7.11 Å². The summed E-state index contributed by atoms with van der Waals surface area (Å²) in [5, 5.41) is 18.0. The summed E-state index contributed by atoms with van der Waals surface area (Å²) in [6.45, 7) is 0.352. The van der Waals surface area contributed by atoms with Crippen LogP contribution in [0.15, 0.2) is 84.3 Å². The van der Waals surface area contributed by atoms with Gasteiger partial charge in [0.25, 0.3) is 0 Å². The minimum Gasteiger partial charge on any atom is -0.493 e. The molecule has 0 radical (unpaired) electrons. The van der Waals surface area contributed by atoms with Gasteiger partial charge in [0.2, 0.25) is 11.8 Å². The topological polar surface area (TPSA) is 106 Å². The first-order valence-electron chi connectivity index (χ1n) is 10.9. The molecule has 1 aliphatic rings. The molecule has 4 aromatic rings. The van der Waals surface area contributed by atoms with Gasteiger partial charge in [-0.05, 0) is 41.0 Å². The van der Waals surface area contributed by atoms with E-state index in [9.17, 15) is 5.26 Å². The number of nitriles is 1.